The van der Waals surface area contributed by atoms with Crippen LogP contribution in [-0.4, -0.2) is 16.0 Å². The highest BCUT2D eigenvalue weighted by Crippen LogP contribution is 2.40. The molecule has 23 heavy (non-hydrogen) atoms. The van der Waals surface area contributed by atoms with Crippen LogP contribution in [0.2, 0.25) is 0 Å². The minimum absolute atomic E-state index is 0.0576. The molecule has 3 aromatic rings. The second kappa shape index (κ2) is 5.96. The molecular weight excluding hydrogens is 310 g/mol. The number of amides is 1. The first-order valence-corrected chi connectivity index (χ1v) is 8.43. The van der Waals surface area contributed by atoms with Crippen LogP contribution in [0, 0.1) is 0 Å². The summed E-state index contributed by atoms with van der Waals surface area (Å²) in [5, 5.41) is 8.88. The molecule has 0 aliphatic heterocycles. The highest BCUT2D eigenvalue weighted by Gasteiger charge is 2.29. The average molecular weight is 325 g/mol. The molecule has 0 unspecified atom stereocenters. The molecule has 1 aliphatic rings. The quantitative estimate of drug-likeness (QED) is 0.773. The van der Waals surface area contributed by atoms with Crippen LogP contribution in [-0.2, 0) is 11.2 Å². The maximum atomic E-state index is 12.2. The highest BCUT2D eigenvalue weighted by molar-refractivity contribution is 7.14. The summed E-state index contributed by atoms with van der Waals surface area (Å²) >= 11 is 1.49. The number of hydrogen-bond donors (Lipinski definition) is 1. The Morgan fingerprint density at radius 1 is 1.26 bits per heavy atom. The van der Waals surface area contributed by atoms with Crippen LogP contribution in [0.25, 0.3) is 10.8 Å². The van der Waals surface area contributed by atoms with Crippen molar-refractivity contribution in [3.05, 3.63) is 53.2 Å². The fraction of sp³-hybridized carbons (Fsp3) is 0.235. The number of anilines is 1. The Balaban J connectivity index is 1.49. The molecule has 0 radical (unpaired) electrons. The zero-order valence-electron chi connectivity index (χ0n) is 12.4. The average Bonchev–Trinajstić information content (AvgIpc) is 3.11. The van der Waals surface area contributed by atoms with Crippen molar-refractivity contribution in [2.24, 2.45) is 0 Å². The van der Waals surface area contributed by atoms with Crippen LogP contribution in [0.4, 0.5) is 5.69 Å². The van der Waals surface area contributed by atoms with Crippen molar-refractivity contribution in [1.82, 2.24) is 10.1 Å². The highest BCUT2D eigenvalue weighted by atomic mass is 32.1. The van der Waals surface area contributed by atoms with Crippen molar-refractivity contribution < 1.29 is 9.32 Å². The van der Waals surface area contributed by atoms with Gasteiger partial charge < -0.3 is 9.84 Å². The van der Waals surface area contributed by atoms with Crippen LogP contribution >= 0.6 is 11.3 Å². The minimum Gasteiger partial charge on any atom is -0.333 e. The molecule has 5 nitrogen and oxygen atoms in total. The van der Waals surface area contributed by atoms with Gasteiger partial charge in [-0.25, -0.2) is 0 Å². The van der Waals surface area contributed by atoms with E-state index in [0.29, 0.717) is 18.2 Å². The molecule has 1 aliphatic carbocycles. The van der Waals surface area contributed by atoms with Gasteiger partial charge in [-0.15, -0.1) is 11.3 Å². The zero-order chi connectivity index (χ0) is 15.6. The fourth-order valence-electron chi connectivity index (χ4n) is 2.38. The summed E-state index contributed by atoms with van der Waals surface area (Å²) in [6.45, 7) is 0. The Bertz CT molecular complexity index is 821. The lowest BCUT2D eigenvalue weighted by Gasteiger charge is -2.04. The smallest absolute Gasteiger partial charge is 0.270 e. The summed E-state index contributed by atoms with van der Waals surface area (Å²) in [7, 11) is 0. The van der Waals surface area contributed by atoms with Gasteiger partial charge in [-0.05, 0) is 29.9 Å². The molecule has 1 amide bonds. The van der Waals surface area contributed by atoms with Gasteiger partial charge in [-0.1, -0.05) is 35.5 Å². The summed E-state index contributed by atoms with van der Waals surface area (Å²) in [5.74, 6) is 1.65. The number of nitrogens with one attached hydrogen (secondary N) is 1. The van der Waals surface area contributed by atoms with Crippen molar-refractivity contribution in [3.63, 3.8) is 0 Å². The Hall–Kier alpha value is -2.47. The van der Waals surface area contributed by atoms with Gasteiger partial charge in [-0.2, -0.15) is 4.98 Å². The normalized spacial score (nSPS) is 13.9. The third-order valence-electron chi connectivity index (χ3n) is 3.73. The molecule has 116 valence electrons. The topological polar surface area (TPSA) is 68.0 Å². The van der Waals surface area contributed by atoms with E-state index in [1.165, 1.54) is 11.3 Å². The predicted molar refractivity (Wildman–Crippen MR) is 88.4 cm³/mol. The molecule has 6 heteroatoms. The Kier molecular flexibility index (Phi) is 3.67. The molecule has 1 saturated carbocycles. The maximum Gasteiger partial charge on any atom is 0.270 e. The van der Waals surface area contributed by atoms with E-state index in [-0.39, 0.29) is 5.91 Å². The summed E-state index contributed by atoms with van der Waals surface area (Å²) in [6.07, 6.45) is 2.60. The SMILES string of the molecule is O=C(Cc1ccccc1)Nc1ccsc1-c1nc(C2CC2)no1. The predicted octanol–water partition coefficient (Wildman–Crippen LogP) is 3.86. The molecule has 1 aromatic carbocycles. The third-order valence-corrected chi connectivity index (χ3v) is 4.63. The Labute approximate surface area is 137 Å². The first-order chi connectivity index (χ1) is 11.3. The Morgan fingerprint density at radius 3 is 2.87 bits per heavy atom. The second-order valence-electron chi connectivity index (χ2n) is 5.61. The van der Waals surface area contributed by atoms with E-state index in [4.69, 9.17) is 4.52 Å². The minimum atomic E-state index is -0.0576. The van der Waals surface area contributed by atoms with Gasteiger partial charge in [0.25, 0.3) is 5.89 Å². The number of carbonyl (C=O) groups is 1. The number of rotatable bonds is 5. The van der Waals surface area contributed by atoms with Gasteiger partial charge in [0.2, 0.25) is 5.91 Å². The molecular formula is C17H15N3O2S. The summed E-state index contributed by atoms with van der Waals surface area (Å²) in [6, 6.07) is 11.5. The zero-order valence-corrected chi connectivity index (χ0v) is 13.2. The maximum absolute atomic E-state index is 12.2. The van der Waals surface area contributed by atoms with E-state index >= 15 is 0 Å². The van der Waals surface area contributed by atoms with Crippen LogP contribution in [0.1, 0.15) is 30.1 Å². The lowest BCUT2D eigenvalue weighted by molar-refractivity contribution is -0.115. The molecule has 0 atom stereocenters. The number of aromatic nitrogens is 2. The number of nitrogens with zero attached hydrogens (tertiary/aromatic N) is 2. The first-order valence-electron chi connectivity index (χ1n) is 7.55. The van der Waals surface area contributed by atoms with E-state index < -0.39 is 0 Å². The van der Waals surface area contributed by atoms with Crippen LogP contribution in [0.5, 0.6) is 0 Å². The first kappa shape index (κ1) is 14.1. The molecule has 0 spiro atoms. The van der Waals surface area contributed by atoms with E-state index in [1.54, 1.807) is 0 Å². The standard InChI is InChI=1S/C17H15N3O2S/c21-14(10-11-4-2-1-3-5-11)18-13-8-9-23-15(13)17-19-16(20-22-17)12-6-7-12/h1-5,8-9,12H,6-7,10H2,(H,18,21). The van der Waals surface area contributed by atoms with Gasteiger partial charge >= 0.3 is 0 Å². The van der Waals surface area contributed by atoms with E-state index in [9.17, 15) is 4.79 Å². The number of thiophene rings is 1. The summed E-state index contributed by atoms with van der Waals surface area (Å²) < 4.78 is 5.35. The van der Waals surface area contributed by atoms with E-state index in [2.05, 4.69) is 15.5 Å². The van der Waals surface area contributed by atoms with E-state index in [1.807, 2.05) is 41.8 Å². The molecule has 4 rings (SSSR count). The van der Waals surface area contributed by atoms with Gasteiger partial charge in [0, 0.05) is 5.92 Å². The van der Waals surface area contributed by atoms with Crippen LogP contribution in [0.15, 0.2) is 46.3 Å². The van der Waals surface area contributed by atoms with Crippen molar-refractivity contribution >= 4 is 22.9 Å². The number of hydrogen-bond acceptors (Lipinski definition) is 5. The lowest BCUT2D eigenvalue weighted by Crippen LogP contribution is -2.14. The third kappa shape index (κ3) is 3.17. The van der Waals surface area contributed by atoms with Gasteiger partial charge in [0.05, 0.1) is 12.1 Å². The second-order valence-corrected chi connectivity index (χ2v) is 6.52. The molecule has 2 aromatic heterocycles. The molecule has 0 saturated heterocycles. The number of carbonyl (C=O) groups excluding carboxylic acids is 1. The van der Waals surface area contributed by atoms with E-state index in [0.717, 1.165) is 34.8 Å². The van der Waals surface area contributed by atoms with Gasteiger partial charge in [-0.3, -0.25) is 4.79 Å². The molecule has 0 bridgehead atoms. The largest absolute Gasteiger partial charge is 0.333 e. The summed E-state index contributed by atoms with van der Waals surface area (Å²) in [4.78, 5) is 17.5. The van der Waals surface area contributed by atoms with Gasteiger partial charge in [0.1, 0.15) is 4.88 Å². The fourth-order valence-corrected chi connectivity index (χ4v) is 3.15. The van der Waals surface area contributed by atoms with Crippen molar-refractivity contribution in [3.8, 4) is 10.8 Å². The van der Waals surface area contributed by atoms with Gasteiger partial charge in [0.15, 0.2) is 5.82 Å². The van der Waals surface area contributed by atoms with Crippen LogP contribution in [0.3, 0.4) is 0 Å². The Morgan fingerprint density at radius 2 is 2.09 bits per heavy atom. The lowest BCUT2D eigenvalue weighted by atomic mass is 10.1. The number of benzene rings is 1. The summed E-state index contributed by atoms with van der Waals surface area (Å²) in [5.41, 5.74) is 1.71. The monoisotopic (exact) mass is 325 g/mol. The van der Waals surface area contributed by atoms with Crippen molar-refractivity contribution in [2.45, 2.75) is 25.2 Å². The molecule has 2 heterocycles. The van der Waals surface area contributed by atoms with Crippen molar-refractivity contribution in [1.29, 1.82) is 0 Å². The van der Waals surface area contributed by atoms with Crippen LogP contribution < -0.4 is 5.32 Å². The molecule has 1 fully saturated rings. The molecule has 1 N–H and O–H groups in total. The van der Waals surface area contributed by atoms with Crippen molar-refractivity contribution in [2.75, 3.05) is 5.32 Å².